The first-order chi connectivity index (χ1) is 11.5. The maximum Gasteiger partial charge on any atom is 0.314 e. The summed E-state index contributed by atoms with van der Waals surface area (Å²) in [6.07, 6.45) is 3.14. The molecule has 0 spiro atoms. The fourth-order valence-corrected chi connectivity index (χ4v) is 2.65. The Morgan fingerprint density at radius 2 is 1.43 bits per heavy atom. The van der Waals surface area contributed by atoms with E-state index in [2.05, 4.69) is 26.0 Å². The lowest BCUT2D eigenvalue weighted by Gasteiger charge is -2.22. The third kappa shape index (κ3) is 13.8. The Labute approximate surface area is 190 Å². The molecule has 0 bridgehead atoms. The summed E-state index contributed by atoms with van der Waals surface area (Å²) in [5.41, 5.74) is 0.792. The van der Waals surface area contributed by atoms with Crippen molar-refractivity contribution in [2.45, 2.75) is 104 Å². The molecule has 0 heterocycles. The molecule has 1 saturated carbocycles. The lowest BCUT2D eigenvalue weighted by Crippen LogP contribution is -2.30. The van der Waals surface area contributed by atoms with Crippen LogP contribution in [0.3, 0.4) is 0 Å². The van der Waals surface area contributed by atoms with Gasteiger partial charge in [0.05, 0.1) is 12.0 Å². The van der Waals surface area contributed by atoms with Crippen LogP contribution in [0.5, 0.6) is 0 Å². The predicted octanol–water partition coefficient (Wildman–Crippen LogP) is 8.91. The van der Waals surface area contributed by atoms with E-state index in [9.17, 15) is 4.79 Å². The Hall–Kier alpha value is -1.39. The average molecular weight is 433 g/mol. The lowest BCUT2D eigenvalue weighted by molar-refractivity contribution is -0.331. The van der Waals surface area contributed by atoms with Crippen LogP contribution in [0, 0.1) is 11.3 Å². The van der Waals surface area contributed by atoms with Crippen LogP contribution in [0.15, 0.2) is 30.3 Å². The fourth-order valence-electron chi connectivity index (χ4n) is 2.65. The van der Waals surface area contributed by atoms with Crippen LogP contribution in [0.1, 0.15) is 110 Å². The summed E-state index contributed by atoms with van der Waals surface area (Å²) < 4.78 is 5.15. The maximum atomic E-state index is 12.2. The highest BCUT2D eigenvalue weighted by Gasteiger charge is 2.52. The molecular weight excluding hydrogens is 376 g/mol. The second-order valence-electron chi connectivity index (χ2n) is 6.78. The second-order valence-corrected chi connectivity index (χ2v) is 6.78. The Balaban J connectivity index is -0.000000151. The number of ether oxygens (including phenoxy) is 1. The van der Waals surface area contributed by atoms with E-state index in [1.165, 1.54) is 12.0 Å². The zero-order valence-corrected chi connectivity index (χ0v) is 15.7. The van der Waals surface area contributed by atoms with Gasteiger partial charge < -0.3 is 4.74 Å². The molecule has 1 aliphatic carbocycles. The molecule has 2 rings (SSSR count). The summed E-state index contributed by atoms with van der Waals surface area (Å²) in [6.45, 7) is 10.5. The number of carbonyl (C=O) groups is 1. The minimum Gasteiger partial charge on any atom is -0.435 e. The van der Waals surface area contributed by atoms with Gasteiger partial charge in [-0.25, -0.2) is 4.89 Å². The lowest BCUT2D eigenvalue weighted by atomic mass is 9.85. The van der Waals surface area contributed by atoms with Crippen molar-refractivity contribution in [1.29, 1.82) is 0 Å². The zero-order chi connectivity index (χ0) is 18.0. The molecule has 30 heavy (non-hydrogen) atoms. The molecule has 0 radical (unpaired) electrons. The van der Waals surface area contributed by atoms with Crippen molar-refractivity contribution in [1.82, 2.24) is 0 Å². The van der Waals surface area contributed by atoms with Crippen molar-refractivity contribution in [2.24, 2.45) is 11.3 Å². The van der Waals surface area contributed by atoms with Crippen LogP contribution in [0.2, 0.25) is 0 Å². The van der Waals surface area contributed by atoms with Crippen molar-refractivity contribution in [3.8, 4) is 0 Å². The highest BCUT2D eigenvalue weighted by molar-refractivity contribution is 5.77. The molecule has 1 aromatic rings. The molecule has 4 heteroatoms. The largest absolute Gasteiger partial charge is 0.435 e. The summed E-state index contributed by atoms with van der Waals surface area (Å²) in [5.74, 6) is 0.543. The van der Waals surface area contributed by atoms with Gasteiger partial charge in [0.2, 0.25) is 6.79 Å². The SMILES string of the molecule is C.C.C.C.C.C.CCC.CCCOOCOC(=O)C(C)(C)C1CC1c1ccccc1. The summed E-state index contributed by atoms with van der Waals surface area (Å²) >= 11 is 0. The van der Waals surface area contributed by atoms with Gasteiger partial charge in [-0.05, 0) is 44.1 Å². The summed E-state index contributed by atoms with van der Waals surface area (Å²) in [7, 11) is 0. The van der Waals surface area contributed by atoms with Crippen LogP contribution < -0.4 is 0 Å². The highest BCUT2D eigenvalue weighted by Crippen LogP contribution is 2.57. The summed E-state index contributed by atoms with van der Waals surface area (Å²) in [4.78, 5) is 21.8. The smallest absolute Gasteiger partial charge is 0.314 e. The molecular formula is C26H56O4. The van der Waals surface area contributed by atoms with E-state index >= 15 is 0 Å². The van der Waals surface area contributed by atoms with E-state index in [1.807, 2.05) is 39.0 Å². The van der Waals surface area contributed by atoms with Crippen LogP contribution in [0.25, 0.3) is 0 Å². The van der Waals surface area contributed by atoms with Gasteiger partial charge in [0, 0.05) is 0 Å². The normalized spacial score (nSPS) is 15.4. The molecule has 1 aromatic carbocycles. The molecule has 184 valence electrons. The third-order valence-corrected chi connectivity index (χ3v) is 4.08. The number of hydrogen-bond donors (Lipinski definition) is 0. The number of benzene rings is 1. The predicted molar refractivity (Wildman–Crippen MR) is 136 cm³/mol. The molecule has 0 aliphatic heterocycles. The van der Waals surface area contributed by atoms with Crippen LogP contribution in [-0.2, 0) is 19.3 Å². The number of carbonyl (C=O) groups excluding carboxylic acids is 1. The van der Waals surface area contributed by atoms with Crippen LogP contribution in [-0.4, -0.2) is 19.4 Å². The number of hydrogen-bond acceptors (Lipinski definition) is 4. The monoisotopic (exact) mass is 432 g/mol. The van der Waals surface area contributed by atoms with E-state index in [0.29, 0.717) is 18.4 Å². The summed E-state index contributed by atoms with van der Waals surface area (Å²) in [6, 6.07) is 10.3. The standard InChI is InChI=1S/C17H24O4.C3H8.6CH4/c1-4-10-20-21-12-19-16(18)17(2,3)15-11-14(15)13-8-6-5-7-9-13;1-3-2;;;;;;/h5-9,14-15H,4,10-12H2,1-3H3;3H2,1-2H3;6*1H4. The summed E-state index contributed by atoms with van der Waals surface area (Å²) in [5, 5.41) is 0. The highest BCUT2D eigenvalue weighted by atomic mass is 17.2. The van der Waals surface area contributed by atoms with Crippen molar-refractivity contribution in [3.63, 3.8) is 0 Å². The molecule has 0 amide bonds. The molecule has 1 fully saturated rings. The first-order valence-electron chi connectivity index (χ1n) is 8.95. The van der Waals surface area contributed by atoms with Crippen molar-refractivity contribution in [3.05, 3.63) is 35.9 Å². The minimum atomic E-state index is -0.505. The molecule has 2 atom stereocenters. The quantitative estimate of drug-likeness (QED) is 0.135. The van der Waals surface area contributed by atoms with Crippen molar-refractivity contribution in [2.75, 3.05) is 13.4 Å². The molecule has 4 nitrogen and oxygen atoms in total. The molecule has 0 aromatic heterocycles. The Kier molecular flexibility index (Phi) is 31.7. The molecule has 2 unspecified atom stereocenters. The second kappa shape index (κ2) is 22.3. The maximum absolute atomic E-state index is 12.2. The van der Waals surface area contributed by atoms with Gasteiger partial charge in [-0.3, -0.25) is 4.79 Å². The number of rotatable bonds is 8. The van der Waals surface area contributed by atoms with Crippen LogP contribution in [0.4, 0.5) is 0 Å². The first-order valence-corrected chi connectivity index (χ1v) is 8.95. The van der Waals surface area contributed by atoms with E-state index in [4.69, 9.17) is 14.5 Å². The Bertz CT molecular complexity index is 471. The number of esters is 1. The van der Waals surface area contributed by atoms with Gasteiger partial charge in [-0.2, -0.15) is 4.89 Å². The Morgan fingerprint density at radius 3 is 1.90 bits per heavy atom. The van der Waals surface area contributed by atoms with Crippen molar-refractivity contribution < 1.29 is 19.3 Å². The van der Waals surface area contributed by atoms with E-state index in [0.717, 1.165) is 12.8 Å². The molecule has 0 saturated heterocycles. The topological polar surface area (TPSA) is 44.8 Å². The van der Waals surface area contributed by atoms with Gasteiger partial charge in [0.1, 0.15) is 0 Å². The van der Waals surface area contributed by atoms with E-state index in [-0.39, 0.29) is 57.3 Å². The fraction of sp³-hybridized carbons (Fsp3) is 0.731. The Morgan fingerprint density at radius 1 is 0.933 bits per heavy atom. The average Bonchev–Trinajstić information content (AvgIpc) is 3.37. The zero-order valence-electron chi connectivity index (χ0n) is 15.7. The van der Waals surface area contributed by atoms with E-state index < -0.39 is 5.41 Å². The third-order valence-electron chi connectivity index (χ3n) is 4.08. The molecule has 1 aliphatic rings. The van der Waals surface area contributed by atoms with Gasteiger partial charge in [-0.15, -0.1) is 0 Å². The van der Waals surface area contributed by atoms with Gasteiger partial charge in [-0.1, -0.05) is 102 Å². The van der Waals surface area contributed by atoms with Gasteiger partial charge in [0.15, 0.2) is 0 Å². The van der Waals surface area contributed by atoms with Gasteiger partial charge in [0.25, 0.3) is 0 Å². The van der Waals surface area contributed by atoms with Gasteiger partial charge >= 0.3 is 5.97 Å². The molecule has 0 N–H and O–H groups in total. The minimum absolute atomic E-state index is 0. The van der Waals surface area contributed by atoms with Crippen LogP contribution >= 0.6 is 0 Å². The van der Waals surface area contributed by atoms with E-state index in [1.54, 1.807) is 0 Å². The first kappa shape index (κ1) is 42.7. The van der Waals surface area contributed by atoms with Crippen molar-refractivity contribution >= 4 is 5.97 Å².